The van der Waals surface area contributed by atoms with Crippen LogP contribution in [0.25, 0.3) is 0 Å². The molecule has 1 fully saturated rings. The molecule has 0 bridgehead atoms. The smallest absolute Gasteiger partial charge is 0.289 e. The van der Waals surface area contributed by atoms with Gasteiger partial charge in [-0.3, -0.25) is 14.3 Å². The molecule has 0 spiro atoms. The average Bonchev–Trinajstić information content (AvgIpc) is 3.42. The number of carbonyl (C=O) groups excluding carboxylic acids is 2. The number of amides is 2. The molecule has 1 aliphatic rings. The molecule has 7 nitrogen and oxygen atoms in total. The minimum absolute atomic E-state index is 0.00858. The van der Waals surface area contributed by atoms with E-state index in [-0.39, 0.29) is 11.8 Å². The molecule has 0 radical (unpaired) electrons. The highest BCUT2D eigenvalue weighted by atomic mass is 16.3. The van der Waals surface area contributed by atoms with Crippen LogP contribution in [0, 0.1) is 0 Å². The predicted octanol–water partition coefficient (Wildman–Crippen LogP) is 2.12. The fourth-order valence-corrected chi connectivity index (χ4v) is 3.19. The van der Waals surface area contributed by atoms with E-state index in [2.05, 4.69) is 5.10 Å². The van der Waals surface area contributed by atoms with Gasteiger partial charge in [0.1, 0.15) is 0 Å². The molecule has 0 atom stereocenters. The van der Waals surface area contributed by atoms with Gasteiger partial charge in [-0.05, 0) is 35.9 Å². The van der Waals surface area contributed by atoms with Crippen molar-refractivity contribution in [3.63, 3.8) is 0 Å². The Balaban J connectivity index is 1.34. The Morgan fingerprint density at radius 2 is 1.63 bits per heavy atom. The fraction of sp³-hybridized carbons (Fsp3) is 0.250. The number of piperazine rings is 1. The lowest BCUT2D eigenvalue weighted by Crippen LogP contribution is -2.50. The molecular formula is C20H20N4O3. The first kappa shape index (κ1) is 17.1. The Labute approximate surface area is 156 Å². The fourth-order valence-electron chi connectivity index (χ4n) is 3.19. The van der Waals surface area contributed by atoms with Crippen molar-refractivity contribution in [2.24, 2.45) is 0 Å². The first-order chi connectivity index (χ1) is 13.2. The highest BCUT2D eigenvalue weighted by Crippen LogP contribution is 2.13. The molecule has 1 saturated heterocycles. The summed E-state index contributed by atoms with van der Waals surface area (Å²) < 4.78 is 7.00. The van der Waals surface area contributed by atoms with E-state index in [0.717, 1.165) is 5.56 Å². The number of furan rings is 1. The zero-order chi connectivity index (χ0) is 18.6. The summed E-state index contributed by atoms with van der Waals surface area (Å²) in [7, 11) is 0. The minimum Gasteiger partial charge on any atom is -0.459 e. The van der Waals surface area contributed by atoms with Gasteiger partial charge in [-0.2, -0.15) is 5.10 Å². The van der Waals surface area contributed by atoms with Crippen LogP contribution in [0.4, 0.5) is 0 Å². The van der Waals surface area contributed by atoms with Crippen LogP contribution in [0.3, 0.4) is 0 Å². The summed E-state index contributed by atoms with van der Waals surface area (Å²) in [6.07, 6.45) is 5.14. The highest BCUT2D eigenvalue weighted by Gasteiger charge is 2.26. The van der Waals surface area contributed by atoms with Crippen LogP contribution in [0.1, 0.15) is 26.5 Å². The normalized spacial score (nSPS) is 14.4. The molecule has 1 aromatic carbocycles. The summed E-state index contributed by atoms with van der Waals surface area (Å²) in [6, 6.07) is 12.8. The number of nitrogens with zero attached hydrogens (tertiary/aromatic N) is 4. The third kappa shape index (κ3) is 3.76. The van der Waals surface area contributed by atoms with E-state index in [4.69, 9.17) is 4.42 Å². The molecule has 0 unspecified atom stereocenters. The number of hydrogen-bond acceptors (Lipinski definition) is 4. The molecule has 3 aromatic rings. The molecule has 4 rings (SSSR count). The predicted molar refractivity (Wildman–Crippen MR) is 98.3 cm³/mol. The lowest BCUT2D eigenvalue weighted by molar-refractivity contribution is 0.0518. The Morgan fingerprint density at radius 1 is 0.926 bits per heavy atom. The summed E-state index contributed by atoms with van der Waals surface area (Å²) in [5.41, 5.74) is 1.74. The van der Waals surface area contributed by atoms with Gasteiger partial charge in [0.05, 0.1) is 12.8 Å². The minimum atomic E-state index is -0.130. The second-order valence-electron chi connectivity index (χ2n) is 6.46. The Kier molecular flexibility index (Phi) is 4.74. The van der Waals surface area contributed by atoms with E-state index < -0.39 is 0 Å². The van der Waals surface area contributed by atoms with Crippen LogP contribution in [-0.2, 0) is 6.54 Å². The maximum Gasteiger partial charge on any atom is 0.289 e. The van der Waals surface area contributed by atoms with Crippen LogP contribution in [0.2, 0.25) is 0 Å². The third-order valence-corrected chi connectivity index (χ3v) is 4.69. The Hall–Kier alpha value is -3.35. The van der Waals surface area contributed by atoms with E-state index in [1.165, 1.54) is 6.26 Å². The van der Waals surface area contributed by atoms with Crippen LogP contribution in [0.15, 0.2) is 65.5 Å². The molecule has 1 aliphatic heterocycles. The Bertz CT molecular complexity index is 893. The SMILES string of the molecule is O=C(c1ccc(Cn2cccn2)cc1)N1CCN(C(=O)c2ccco2)CC1. The van der Waals surface area contributed by atoms with Gasteiger partial charge in [0.15, 0.2) is 5.76 Å². The lowest BCUT2D eigenvalue weighted by atomic mass is 10.1. The van der Waals surface area contributed by atoms with E-state index in [1.54, 1.807) is 28.1 Å². The first-order valence-electron chi connectivity index (χ1n) is 8.89. The van der Waals surface area contributed by atoms with Gasteiger partial charge in [-0.1, -0.05) is 12.1 Å². The second kappa shape index (κ2) is 7.49. The second-order valence-corrected chi connectivity index (χ2v) is 6.46. The van der Waals surface area contributed by atoms with Crippen molar-refractivity contribution in [3.8, 4) is 0 Å². The molecule has 138 valence electrons. The molecular weight excluding hydrogens is 344 g/mol. The van der Waals surface area contributed by atoms with Gasteiger partial charge < -0.3 is 14.2 Å². The molecule has 3 heterocycles. The molecule has 2 amide bonds. The van der Waals surface area contributed by atoms with Gasteiger partial charge in [-0.15, -0.1) is 0 Å². The molecule has 0 saturated carbocycles. The molecule has 0 aliphatic carbocycles. The quantitative estimate of drug-likeness (QED) is 0.711. The van der Waals surface area contributed by atoms with E-state index in [0.29, 0.717) is 44.0 Å². The van der Waals surface area contributed by atoms with Crippen molar-refractivity contribution >= 4 is 11.8 Å². The summed E-state index contributed by atoms with van der Waals surface area (Å²) in [5.74, 6) is 0.198. The molecule has 2 aromatic heterocycles. The molecule has 7 heteroatoms. The number of rotatable bonds is 4. The van der Waals surface area contributed by atoms with Gasteiger partial charge in [0, 0.05) is 44.1 Å². The van der Waals surface area contributed by atoms with Crippen LogP contribution in [-0.4, -0.2) is 57.6 Å². The molecule has 0 N–H and O–H groups in total. The van der Waals surface area contributed by atoms with Gasteiger partial charge >= 0.3 is 0 Å². The van der Waals surface area contributed by atoms with Crippen molar-refractivity contribution in [1.29, 1.82) is 0 Å². The number of benzene rings is 1. The monoisotopic (exact) mass is 364 g/mol. The topological polar surface area (TPSA) is 71.6 Å². The van der Waals surface area contributed by atoms with Gasteiger partial charge in [0.2, 0.25) is 0 Å². The van der Waals surface area contributed by atoms with E-state index >= 15 is 0 Å². The largest absolute Gasteiger partial charge is 0.459 e. The average molecular weight is 364 g/mol. The number of hydrogen-bond donors (Lipinski definition) is 0. The summed E-state index contributed by atoms with van der Waals surface area (Å²) in [4.78, 5) is 28.5. The number of aromatic nitrogens is 2. The van der Waals surface area contributed by atoms with Crippen molar-refractivity contribution in [1.82, 2.24) is 19.6 Å². The van der Waals surface area contributed by atoms with Crippen LogP contribution >= 0.6 is 0 Å². The molecule has 27 heavy (non-hydrogen) atoms. The lowest BCUT2D eigenvalue weighted by Gasteiger charge is -2.34. The zero-order valence-corrected chi connectivity index (χ0v) is 14.8. The van der Waals surface area contributed by atoms with Gasteiger partial charge in [-0.25, -0.2) is 0 Å². The first-order valence-corrected chi connectivity index (χ1v) is 8.89. The standard InChI is InChI=1S/C20H20N4O3/c25-19(17-6-4-16(5-7-17)15-24-9-2-8-21-24)22-10-12-23(13-11-22)20(26)18-3-1-14-27-18/h1-9,14H,10-13,15H2. The van der Waals surface area contributed by atoms with Crippen molar-refractivity contribution < 1.29 is 14.0 Å². The summed E-state index contributed by atoms with van der Waals surface area (Å²) in [6.45, 7) is 2.71. The van der Waals surface area contributed by atoms with Crippen molar-refractivity contribution in [2.45, 2.75) is 6.54 Å². The van der Waals surface area contributed by atoms with E-state index in [1.807, 2.05) is 41.2 Å². The highest BCUT2D eigenvalue weighted by molar-refractivity contribution is 5.95. The van der Waals surface area contributed by atoms with E-state index in [9.17, 15) is 9.59 Å². The maximum atomic E-state index is 12.7. The van der Waals surface area contributed by atoms with Crippen LogP contribution < -0.4 is 0 Å². The van der Waals surface area contributed by atoms with Gasteiger partial charge in [0.25, 0.3) is 11.8 Å². The Morgan fingerprint density at radius 3 is 2.22 bits per heavy atom. The summed E-state index contributed by atoms with van der Waals surface area (Å²) in [5, 5.41) is 4.18. The van der Waals surface area contributed by atoms with Crippen LogP contribution in [0.5, 0.6) is 0 Å². The maximum absolute atomic E-state index is 12.7. The zero-order valence-electron chi connectivity index (χ0n) is 14.8. The van der Waals surface area contributed by atoms with Crippen molar-refractivity contribution in [2.75, 3.05) is 26.2 Å². The number of carbonyl (C=O) groups is 2. The van der Waals surface area contributed by atoms with Crippen molar-refractivity contribution in [3.05, 3.63) is 78.0 Å². The third-order valence-electron chi connectivity index (χ3n) is 4.69. The summed E-state index contributed by atoms with van der Waals surface area (Å²) >= 11 is 0.